The maximum atomic E-state index is 11.2. The fraction of sp³-hybridized carbons (Fsp3) is 0.316. The lowest BCUT2D eigenvalue weighted by molar-refractivity contribution is -0.131. The third-order valence-electron chi connectivity index (χ3n) is 3.72. The van der Waals surface area contributed by atoms with Crippen molar-refractivity contribution in [2.45, 2.75) is 40.7 Å². The molecule has 0 aliphatic heterocycles. The van der Waals surface area contributed by atoms with Crippen molar-refractivity contribution < 1.29 is 14.3 Å². The minimum Gasteiger partial charge on any atom is -0.488 e. The summed E-state index contributed by atoms with van der Waals surface area (Å²) in [6.07, 6.45) is 1.01. The van der Waals surface area contributed by atoms with E-state index < -0.39 is 0 Å². The van der Waals surface area contributed by atoms with Crippen LogP contribution in [0.4, 0.5) is 0 Å². The minimum atomic E-state index is -0.344. The first-order valence-electron chi connectivity index (χ1n) is 7.61. The molecule has 122 valence electrons. The molecule has 0 unspecified atom stereocenters. The van der Waals surface area contributed by atoms with E-state index in [0.29, 0.717) is 12.4 Å². The van der Waals surface area contributed by atoms with E-state index in [9.17, 15) is 4.79 Å². The average Bonchev–Trinajstić information content (AvgIpc) is 2.49. The number of ether oxygens (including phenoxy) is 2. The van der Waals surface area contributed by atoms with Crippen molar-refractivity contribution >= 4 is 21.9 Å². The number of hydrogen-bond acceptors (Lipinski definition) is 3. The SMILES string of the molecule is CCc1cc(C)c(OCc2c(Br)cccc2OC(C)=O)cc1C. The molecule has 0 saturated heterocycles. The maximum Gasteiger partial charge on any atom is 0.308 e. The molecule has 0 atom stereocenters. The molecule has 4 heteroatoms. The lowest BCUT2D eigenvalue weighted by Gasteiger charge is -2.15. The van der Waals surface area contributed by atoms with Crippen LogP contribution in [0.5, 0.6) is 11.5 Å². The second kappa shape index (κ2) is 7.64. The Bertz CT molecular complexity index is 723. The monoisotopic (exact) mass is 376 g/mol. The molecular weight excluding hydrogens is 356 g/mol. The van der Waals surface area contributed by atoms with Crippen LogP contribution in [0.3, 0.4) is 0 Å². The van der Waals surface area contributed by atoms with E-state index in [1.807, 2.05) is 19.1 Å². The number of hydrogen-bond donors (Lipinski definition) is 0. The van der Waals surface area contributed by atoms with Gasteiger partial charge in [0.15, 0.2) is 0 Å². The molecule has 2 rings (SSSR count). The molecule has 0 heterocycles. The predicted molar refractivity (Wildman–Crippen MR) is 95.1 cm³/mol. The Labute approximate surface area is 145 Å². The van der Waals surface area contributed by atoms with Gasteiger partial charge in [-0.25, -0.2) is 0 Å². The highest BCUT2D eigenvalue weighted by molar-refractivity contribution is 9.10. The molecule has 2 aromatic rings. The lowest BCUT2D eigenvalue weighted by Crippen LogP contribution is -2.07. The summed E-state index contributed by atoms with van der Waals surface area (Å²) in [6, 6.07) is 9.73. The molecule has 23 heavy (non-hydrogen) atoms. The van der Waals surface area contributed by atoms with Gasteiger partial charge in [0.25, 0.3) is 0 Å². The summed E-state index contributed by atoms with van der Waals surface area (Å²) in [4.78, 5) is 11.2. The Hall–Kier alpha value is -1.81. The second-order valence-electron chi connectivity index (χ2n) is 5.50. The highest BCUT2D eigenvalue weighted by Gasteiger charge is 2.12. The van der Waals surface area contributed by atoms with E-state index in [2.05, 4.69) is 41.9 Å². The standard InChI is InChI=1S/C19H21BrO3/c1-5-15-9-13(3)19(10-12(15)2)22-11-16-17(20)7-6-8-18(16)23-14(4)21/h6-10H,5,11H2,1-4H3. The van der Waals surface area contributed by atoms with Crippen LogP contribution >= 0.6 is 15.9 Å². The predicted octanol–water partition coefficient (Wildman–Crippen LogP) is 5.13. The van der Waals surface area contributed by atoms with E-state index in [1.54, 1.807) is 6.07 Å². The number of halogens is 1. The zero-order chi connectivity index (χ0) is 17.0. The Morgan fingerprint density at radius 1 is 1.13 bits per heavy atom. The molecular formula is C19H21BrO3. The van der Waals surface area contributed by atoms with Crippen LogP contribution in [-0.4, -0.2) is 5.97 Å². The van der Waals surface area contributed by atoms with Gasteiger partial charge in [-0.2, -0.15) is 0 Å². The third-order valence-corrected chi connectivity index (χ3v) is 4.46. The zero-order valence-electron chi connectivity index (χ0n) is 13.9. The van der Waals surface area contributed by atoms with Crippen molar-refractivity contribution in [1.29, 1.82) is 0 Å². The van der Waals surface area contributed by atoms with Gasteiger partial charge < -0.3 is 9.47 Å². The van der Waals surface area contributed by atoms with Crippen molar-refractivity contribution in [1.82, 2.24) is 0 Å². The Morgan fingerprint density at radius 3 is 2.52 bits per heavy atom. The zero-order valence-corrected chi connectivity index (χ0v) is 15.5. The molecule has 0 aliphatic carbocycles. The van der Waals surface area contributed by atoms with E-state index in [0.717, 1.165) is 27.8 Å². The lowest BCUT2D eigenvalue weighted by atomic mass is 10.0. The Balaban J connectivity index is 2.24. The molecule has 0 bridgehead atoms. The van der Waals surface area contributed by atoms with Crippen LogP contribution < -0.4 is 9.47 Å². The van der Waals surface area contributed by atoms with Crippen molar-refractivity contribution in [2.75, 3.05) is 0 Å². The average molecular weight is 377 g/mol. The summed E-state index contributed by atoms with van der Waals surface area (Å²) in [5, 5.41) is 0. The summed E-state index contributed by atoms with van der Waals surface area (Å²) in [5.41, 5.74) is 4.48. The molecule has 0 radical (unpaired) electrons. The molecule has 3 nitrogen and oxygen atoms in total. The summed E-state index contributed by atoms with van der Waals surface area (Å²) in [6.45, 7) is 8.00. The molecule has 0 saturated carbocycles. The van der Waals surface area contributed by atoms with Crippen molar-refractivity contribution in [3.63, 3.8) is 0 Å². The molecule has 0 spiro atoms. The highest BCUT2D eigenvalue weighted by atomic mass is 79.9. The number of rotatable bonds is 5. The van der Waals surface area contributed by atoms with Gasteiger partial charge in [0.05, 0.1) is 0 Å². The van der Waals surface area contributed by atoms with Crippen molar-refractivity contribution in [3.8, 4) is 11.5 Å². The number of benzene rings is 2. The maximum absolute atomic E-state index is 11.2. The minimum absolute atomic E-state index is 0.329. The molecule has 0 N–H and O–H groups in total. The summed E-state index contributed by atoms with van der Waals surface area (Å²) < 4.78 is 12.1. The van der Waals surface area contributed by atoms with Gasteiger partial charge in [-0.15, -0.1) is 0 Å². The number of carbonyl (C=O) groups excluding carboxylic acids is 1. The fourth-order valence-corrected chi connectivity index (χ4v) is 2.93. The third kappa shape index (κ3) is 4.35. The van der Waals surface area contributed by atoms with Crippen molar-refractivity contribution in [2.24, 2.45) is 0 Å². The fourth-order valence-electron chi connectivity index (χ4n) is 2.47. The van der Waals surface area contributed by atoms with Gasteiger partial charge in [0, 0.05) is 17.0 Å². The molecule has 0 aromatic heterocycles. The molecule has 0 amide bonds. The van der Waals surface area contributed by atoms with Gasteiger partial charge >= 0.3 is 5.97 Å². The van der Waals surface area contributed by atoms with E-state index in [1.165, 1.54) is 18.1 Å². The second-order valence-corrected chi connectivity index (χ2v) is 6.35. The Kier molecular flexibility index (Phi) is 5.83. The van der Waals surface area contributed by atoms with Crippen LogP contribution in [0.1, 0.15) is 36.1 Å². The van der Waals surface area contributed by atoms with E-state index in [4.69, 9.17) is 9.47 Å². The molecule has 0 fully saturated rings. The molecule has 0 aliphatic rings. The first-order valence-corrected chi connectivity index (χ1v) is 8.40. The highest BCUT2D eigenvalue weighted by Crippen LogP contribution is 2.30. The number of esters is 1. The van der Waals surface area contributed by atoms with Gasteiger partial charge in [-0.1, -0.05) is 35.0 Å². The van der Waals surface area contributed by atoms with Crippen LogP contribution in [0, 0.1) is 13.8 Å². The van der Waals surface area contributed by atoms with E-state index >= 15 is 0 Å². The van der Waals surface area contributed by atoms with Crippen LogP contribution in [0.2, 0.25) is 0 Å². The van der Waals surface area contributed by atoms with Gasteiger partial charge in [0.1, 0.15) is 18.1 Å². The first kappa shape index (κ1) is 17.5. The number of aryl methyl sites for hydroxylation is 3. The van der Waals surface area contributed by atoms with Gasteiger partial charge in [0.2, 0.25) is 0 Å². The quantitative estimate of drug-likeness (QED) is 0.535. The summed E-state index contributed by atoms with van der Waals surface area (Å²) in [5.74, 6) is 1.03. The smallest absolute Gasteiger partial charge is 0.308 e. The van der Waals surface area contributed by atoms with Crippen LogP contribution in [0.25, 0.3) is 0 Å². The summed E-state index contributed by atoms with van der Waals surface area (Å²) >= 11 is 3.50. The van der Waals surface area contributed by atoms with Gasteiger partial charge in [-0.05, 0) is 55.2 Å². The summed E-state index contributed by atoms with van der Waals surface area (Å²) in [7, 11) is 0. The topological polar surface area (TPSA) is 35.5 Å². The Morgan fingerprint density at radius 2 is 1.87 bits per heavy atom. The largest absolute Gasteiger partial charge is 0.488 e. The van der Waals surface area contributed by atoms with Crippen LogP contribution in [-0.2, 0) is 17.8 Å². The van der Waals surface area contributed by atoms with E-state index in [-0.39, 0.29) is 5.97 Å². The molecule has 2 aromatic carbocycles. The number of carbonyl (C=O) groups is 1. The van der Waals surface area contributed by atoms with Gasteiger partial charge in [-0.3, -0.25) is 4.79 Å². The first-order chi connectivity index (χ1) is 10.9. The van der Waals surface area contributed by atoms with Crippen LogP contribution in [0.15, 0.2) is 34.8 Å². The van der Waals surface area contributed by atoms with Crippen molar-refractivity contribution in [3.05, 3.63) is 57.1 Å². The normalized spacial score (nSPS) is 10.5.